The molecule has 0 spiro atoms. The number of benzene rings is 1. The van der Waals surface area contributed by atoms with Crippen LogP contribution in [0.1, 0.15) is 25.3 Å². The van der Waals surface area contributed by atoms with Gasteiger partial charge >= 0.3 is 0 Å². The average molecular weight is 383 g/mol. The number of carbonyl (C=O) groups excluding carboxylic acids is 2. The van der Waals surface area contributed by atoms with E-state index in [4.69, 9.17) is 11.2 Å². The molecule has 28 heavy (non-hydrogen) atoms. The molecule has 1 N–H and O–H groups in total. The summed E-state index contributed by atoms with van der Waals surface area (Å²) in [6, 6.07) is 7.70. The van der Waals surface area contributed by atoms with Gasteiger partial charge < -0.3 is 15.0 Å². The summed E-state index contributed by atoms with van der Waals surface area (Å²) in [5, 5.41) is 2.67. The van der Waals surface area contributed by atoms with Gasteiger partial charge in [-0.25, -0.2) is 0 Å². The zero-order valence-corrected chi connectivity index (χ0v) is 16.5. The lowest BCUT2D eigenvalue weighted by Crippen LogP contribution is -2.39. The number of nitrogens with one attached hydrogen (secondary N) is 1. The Bertz CT molecular complexity index is 707. The number of ether oxygens (including phenoxy) is 1. The number of hydrogen-bond donors (Lipinski definition) is 1. The van der Waals surface area contributed by atoms with E-state index in [0.717, 1.165) is 30.7 Å². The maximum Gasteiger partial charge on any atom is 0.246 e. The smallest absolute Gasteiger partial charge is 0.246 e. The van der Waals surface area contributed by atoms with E-state index in [1.807, 2.05) is 35.2 Å². The van der Waals surface area contributed by atoms with Gasteiger partial charge in [0.1, 0.15) is 5.75 Å². The third kappa shape index (κ3) is 7.45. The van der Waals surface area contributed by atoms with Crippen molar-refractivity contribution in [2.45, 2.75) is 19.8 Å². The fourth-order valence-electron chi connectivity index (χ4n) is 2.93. The van der Waals surface area contributed by atoms with Crippen LogP contribution in [0.5, 0.6) is 5.75 Å². The normalized spacial score (nSPS) is 15.1. The lowest BCUT2D eigenvalue weighted by molar-refractivity contribution is -0.125. The van der Waals surface area contributed by atoms with Gasteiger partial charge in [0, 0.05) is 32.3 Å². The minimum Gasteiger partial charge on any atom is -0.494 e. The molecule has 2 amide bonds. The van der Waals surface area contributed by atoms with Crippen LogP contribution in [0.15, 0.2) is 30.3 Å². The average Bonchev–Trinajstić information content (AvgIpc) is 2.95. The molecule has 1 fully saturated rings. The van der Waals surface area contributed by atoms with Crippen molar-refractivity contribution < 1.29 is 14.3 Å². The summed E-state index contributed by atoms with van der Waals surface area (Å²) in [5.41, 5.74) is 0.957. The maximum atomic E-state index is 12.5. The van der Waals surface area contributed by atoms with Crippen molar-refractivity contribution in [2.24, 2.45) is 0 Å². The van der Waals surface area contributed by atoms with Crippen molar-refractivity contribution in [3.8, 4) is 18.1 Å². The van der Waals surface area contributed by atoms with E-state index >= 15 is 0 Å². The van der Waals surface area contributed by atoms with Crippen LogP contribution in [0, 0.1) is 12.3 Å². The summed E-state index contributed by atoms with van der Waals surface area (Å²) in [4.78, 5) is 28.2. The molecule has 0 radical (unpaired) electrons. The number of nitrogens with zero attached hydrogens (tertiary/aromatic N) is 2. The Hall–Kier alpha value is -2.78. The van der Waals surface area contributed by atoms with Gasteiger partial charge in [-0.15, -0.1) is 6.42 Å². The molecule has 6 nitrogen and oxygen atoms in total. The molecular formula is C22H29N3O3. The Morgan fingerprint density at radius 2 is 2.00 bits per heavy atom. The standard InChI is InChI=1S/C22H29N3O3/c1-3-12-23-21(26)18-24-13-5-14-25(16-15-24)22(27)11-8-19-6-9-20(10-7-19)28-17-4-2/h1,6-11H,4-5,12-18H2,2H3,(H,23,26)/b11-8+. The number of hydrogen-bond acceptors (Lipinski definition) is 4. The molecule has 0 atom stereocenters. The van der Waals surface area contributed by atoms with E-state index in [2.05, 4.69) is 23.1 Å². The monoisotopic (exact) mass is 383 g/mol. The molecule has 1 aliphatic heterocycles. The molecule has 0 bridgehead atoms. The molecule has 1 aliphatic rings. The molecule has 0 aromatic heterocycles. The van der Waals surface area contributed by atoms with Crippen LogP contribution in [0.4, 0.5) is 0 Å². The number of carbonyl (C=O) groups is 2. The molecule has 0 saturated carbocycles. The van der Waals surface area contributed by atoms with Gasteiger partial charge in [0.2, 0.25) is 11.8 Å². The molecule has 1 aromatic rings. The first-order valence-corrected chi connectivity index (χ1v) is 9.74. The SMILES string of the molecule is C#CCNC(=O)CN1CCCN(C(=O)/C=C/c2ccc(OCCC)cc2)CC1. The molecule has 2 rings (SSSR count). The molecule has 6 heteroatoms. The van der Waals surface area contributed by atoms with Crippen molar-refractivity contribution in [3.63, 3.8) is 0 Å². The lowest BCUT2D eigenvalue weighted by atomic mass is 10.2. The highest BCUT2D eigenvalue weighted by Gasteiger charge is 2.19. The zero-order chi connectivity index (χ0) is 20.2. The summed E-state index contributed by atoms with van der Waals surface area (Å²) in [7, 11) is 0. The van der Waals surface area contributed by atoms with Gasteiger partial charge in [-0.1, -0.05) is 25.0 Å². The second kappa shape index (κ2) is 11.8. The highest BCUT2D eigenvalue weighted by molar-refractivity contribution is 5.91. The van der Waals surface area contributed by atoms with Crippen LogP contribution in [-0.2, 0) is 9.59 Å². The van der Waals surface area contributed by atoms with Gasteiger partial charge in [-0.05, 0) is 36.6 Å². The van der Waals surface area contributed by atoms with E-state index in [1.165, 1.54) is 0 Å². The predicted octanol–water partition coefficient (Wildman–Crippen LogP) is 1.77. The van der Waals surface area contributed by atoms with Gasteiger partial charge in [-0.2, -0.15) is 0 Å². The van der Waals surface area contributed by atoms with Crippen molar-refractivity contribution >= 4 is 17.9 Å². The third-order valence-corrected chi connectivity index (χ3v) is 4.43. The maximum absolute atomic E-state index is 12.5. The van der Waals surface area contributed by atoms with E-state index in [1.54, 1.807) is 6.08 Å². The molecule has 1 aromatic carbocycles. The van der Waals surface area contributed by atoms with Crippen LogP contribution in [0.25, 0.3) is 6.08 Å². The van der Waals surface area contributed by atoms with Crippen molar-refractivity contribution in [3.05, 3.63) is 35.9 Å². The van der Waals surface area contributed by atoms with Crippen molar-refractivity contribution in [1.29, 1.82) is 0 Å². The van der Waals surface area contributed by atoms with Gasteiger partial charge in [0.25, 0.3) is 0 Å². The third-order valence-electron chi connectivity index (χ3n) is 4.43. The zero-order valence-electron chi connectivity index (χ0n) is 16.5. The summed E-state index contributed by atoms with van der Waals surface area (Å²) >= 11 is 0. The van der Waals surface area contributed by atoms with Gasteiger partial charge in [0.15, 0.2) is 0 Å². The largest absolute Gasteiger partial charge is 0.494 e. The first kappa shape index (κ1) is 21.5. The highest BCUT2D eigenvalue weighted by Crippen LogP contribution is 2.14. The topological polar surface area (TPSA) is 61.9 Å². The second-order valence-electron chi connectivity index (χ2n) is 6.69. The summed E-state index contributed by atoms with van der Waals surface area (Å²) in [6.07, 6.45) is 10.4. The van der Waals surface area contributed by atoms with E-state index in [-0.39, 0.29) is 18.4 Å². The van der Waals surface area contributed by atoms with E-state index < -0.39 is 0 Å². The van der Waals surface area contributed by atoms with Gasteiger partial charge in [0.05, 0.1) is 19.7 Å². The molecule has 1 heterocycles. The van der Waals surface area contributed by atoms with Crippen molar-refractivity contribution in [1.82, 2.24) is 15.1 Å². The fourth-order valence-corrected chi connectivity index (χ4v) is 2.93. The lowest BCUT2D eigenvalue weighted by Gasteiger charge is -2.20. The first-order chi connectivity index (χ1) is 13.6. The number of terminal acetylenes is 1. The highest BCUT2D eigenvalue weighted by atomic mass is 16.5. The molecule has 150 valence electrons. The Morgan fingerprint density at radius 1 is 1.21 bits per heavy atom. The summed E-state index contributed by atoms with van der Waals surface area (Å²) in [6.45, 7) is 6.08. The van der Waals surface area contributed by atoms with Crippen molar-refractivity contribution in [2.75, 3.05) is 45.9 Å². The van der Waals surface area contributed by atoms with Crippen LogP contribution in [0.3, 0.4) is 0 Å². The van der Waals surface area contributed by atoms with E-state index in [0.29, 0.717) is 32.8 Å². The van der Waals surface area contributed by atoms with Crippen LogP contribution in [0.2, 0.25) is 0 Å². The molecule has 0 aliphatic carbocycles. The fraction of sp³-hybridized carbons (Fsp3) is 0.455. The Kier molecular flexibility index (Phi) is 9.09. The Labute approximate surface area is 167 Å². The predicted molar refractivity (Wildman–Crippen MR) is 111 cm³/mol. The van der Waals surface area contributed by atoms with E-state index in [9.17, 15) is 9.59 Å². The summed E-state index contributed by atoms with van der Waals surface area (Å²) < 4.78 is 5.56. The molecule has 1 saturated heterocycles. The van der Waals surface area contributed by atoms with Crippen LogP contribution >= 0.6 is 0 Å². The molecule has 0 unspecified atom stereocenters. The minimum absolute atomic E-state index is 0.00931. The molecular weight excluding hydrogens is 354 g/mol. The van der Waals surface area contributed by atoms with Crippen LogP contribution in [-0.4, -0.2) is 67.5 Å². The minimum atomic E-state index is -0.0796. The number of amides is 2. The Balaban J connectivity index is 1.81. The Morgan fingerprint density at radius 3 is 2.71 bits per heavy atom. The number of rotatable bonds is 8. The quantitative estimate of drug-likeness (QED) is 0.549. The first-order valence-electron chi connectivity index (χ1n) is 9.74. The summed E-state index contributed by atoms with van der Waals surface area (Å²) in [5.74, 6) is 3.14. The second-order valence-corrected chi connectivity index (χ2v) is 6.69. The van der Waals surface area contributed by atoms with Gasteiger partial charge in [-0.3, -0.25) is 14.5 Å². The van der Waals surface area contributed by atoms with Crippen LogP contribution < -0.4 is 10.1 Å².